The number of hydrogen-bond acceptors (Lipinski definition) is 6. The van der Waals surface area contributed by atoms with E-state index in [-0.39, 0.29) is 17.3 Å². The molecule has 2 aromatic rings. The fourth-order valence-electron chi connectivity index (χ4n) is 1.15. The zero-order valence-corrected chi connectivity index (χ0v) is 10.0. The Labute approximate surface area is 108 Å². The number of aromatic nitrogens is 3. The number of nitrogens with zero attached hydrogens (tertiary/aromatic N) is 4. The molecule has 7 heteroatoms. The summed E-state index contributed by atoms with van der Waals surface area (Å²) in [7, 11) is 1.41. The van der Waals surface area contributed by atoms with E-state index in [9.17, 15) is 0 Å². The molecule has 0 aliphatic carbocycles. The van der Waals surface area contributed by atoms with Crippen LogP contribution in [-0.2, 0) is 0 Å². The summed E-state index contributed by atoms with van der Waals surface area (Å²) in [6, 6.07) is 8.60. The average Bonchev–Trinajstić information content (AvgIpc) is 2.39. The first-order valence-corrected chi connectivity index (χ1v) is 5.22. The molecule has 0 atom stereocenters. The first-order valence-electron chi connectivity index (χ1n) is 4.85. The summed E-state index contributed by atoms with van der Waals surface area (Å²) in [5.41, 5.74) is 0.536. The predicted molar refractivity (Wildman–Crippen MR) is 62.6 cm³/mol. The molecule has 0 spiro atoms. The summed E-state index contributed by atoms with van der Waals surface area (Å²) in [5.74, 6) is 0.485. The van der Waals surface area contributed by atoms with E-state index >= 15 is 0 Å². The molecule has 6 nitrogen and oxygen atoms in total. The number of nitriles is 1. The van der Waals surface area contributed by atoms with E-state index in [0.717, 1.165) is 0 Å². The molecule has 0 aliphatic rings. The van der Waals surface area contributed by atoms with E-state index in [4.69, 9.17) is 26.3 Å². The smallest absolute Gasteiger partial charge is 0.329 e. The van der Waals surface area contributed by atoms with E-state index in [2.05, 4.69) is 15.0 Å². The highest BCUT2D eigenvalue weighted by atomic mass is 35.5. The third-order valence-electron chi connectivity index (χ3n) is 1.94. The lowest BCUT2D eigenvalue weighted by molar-refractivity contribution is 0.359. The van der Waals surface area contributed by atoms with Crippen molar-refractivity contribution < 1.29 is 9.47 Å². The molecule has 0 saturated heterocycles. The van der Waals surface area contributed by atoms with Gasteiger partial charge in [-0.1, -0.05) is 0 Å². The molecule has 0 fully saturated rings. The van der Waals surface area contributed by atoms with Gasteiger partial charge in [-0.15, -0.1) is 4.98 Å². The quantitative estimate of drug-likeness (QED) is 0.843. The first kappa shape index (κ1) is 12.1. The Kier molecular flexibility index (Phi) is 3.55. The van der Waals surface area contributed by atoms with Crippen molar-refractivity contribution in [3.63, 3.8) is 0 Å². The average molecular weight is 263 g/mol. The van der Waals surface area contributed by atoms with Crippen LogP contribution in [0.5, 0.6) is 17.8 Å². The molecule has 18 heavy (non-hydrogen) atoms. The number of methoxy groups -OCH3 is 1. The summed E-state index contributed by atoms with van der Waals surface area (Å²) in [6.45, 7) is 0. The molecule has 0 N–H and O–H groups in total. The van der Waals surface area contributed by atoms with Crippen molar-refractivity contribution in [3.05, 3.63) is 35.1 Å². The van der Waals surface area contributed by atoms with E-state index < -0.39 is 0 Å². The van der Waals surface area contributed by atoms with Crippen molar-refractivity contribution in [3.8, 4) is 23.8 Å². The van der Waals surface area contributed by atoms with Gasteiger partial charge in [0.05, 0.1) is 18.7 Å². The van der Waals surface area contributed by atoms with Gasteiger partial charge in [0, 0.05) is 0 Å². The van der Waals surface area contributed by atoms with E-state index in [0.29, 0.717) is 11.3 Å². The van der Waals surface area contributed by atoms with Gasteiger partial charge >= 0.3 is 12.0 Å². The van der Waals surface area contributed by atoms with Gasteiger partial charge in [0.25, 0.3) is 0 Å². The molecule has 2 rings (SSSR count). The van der Waals surface area contributed by atoms with Gasteiger partial charge in [-0.05, 0) is 35.9 Å². The summed E-state index contributed by atoms with van der Waals surface area (Å²) >= 11 is 5.68. The van der Waals surface area contributed by atoms with Crippen LogP contribution < -0.4 is 9.47 Å². The second kappa shape index (κ2) is 5.29. The first-order chi connectivity index (χ1) is 8.71. The maximum atomic E-state index is 8.67. The second-order valence-electron chi connectivity index (χ2n) is 3.11. The van der Waals surface area contributed by atoms with Crippen LogP contribution in [0, 0.1) is 11.3 Å². The molecule has 0 aliphatic heterocycles. The Bertz CT molecular complexity index is 595. The van der Waals surface area contributed by atoms with Crippen molar-refractivity contribution in [2.24, 2.45) is 0 Å². The third kappa shape index (κ3) is 2.84. The van der Waals surface area contributed by atoms with Crippen LogP contribution in [0.4, 0.5) is 0 Å². The van der Waals surface area contributed by atoms with Crippen molar-refractivity contribution in [2.75, 3.05) is 7.11 Å². The summed E-state index contributed by atoms with van der Waals surface area (Å²) in [5, 5.41) is 8.64. The van der Waals surface area contributed by atoms with E-state index in [1.807, 2.05) is 6.07 Å². The van der Waals surface area contributed by atoms with Gasteiger partial charge in [0.1, 0.15) is 5.75 Å². The van der Waals surface area contributed by atoms with E-state index in [1.165, 1.54) is 7.11 Å². The molecule has 0 amide bonds. The topological polar surface area (TPSA) is 80.9 Å². The van der Waals surface area contributed by atoms with Crippen LogP contribution >= 0.6 is 11.6 Å². The van der Waals surface area contributed by atoms with Crippen molar-refractivity contribution in [1.29, 1.82) is 5.26 Å². The van der Waals surface area contributed by atoms with Gasteiger partial charge in [-0.3, -0.25) is 0 Å². The van der Waals surface area contributed by atoms with Crippen molar-refractivity contribution in [2.45, 2.75) is 0 Å². The van der Waals surface area contributed by atoms with Gasteiger partial charge in [-0.2, -0.15) is 15.2 Å². The van der Waals surface area contributed by atoms with Gasteiger partial charge in [0.15, 0.2) is 0 Å². The molecule has 1 aromatic heterocycles. The minimum Gasteiger partial charge on any atom is -0.467 e. The highest BCUT2D eigenvalue weighted by Gasteiger charge is 2.07. The van der Waals surface area contributed by atoms with Crippen LogP contribution in [0.15, 0.2) is 24.3 Å². The lowest BCUT2D eigenvalue weighted by Crippen LogP contribution is -1.98. The van der Waals surface area contributed by atoms with Crippen LogP contribution in [-0.4, -0.2) is 22.1 Å². The Balaban J connectivity index is 2.22. The maximum absolute atomic E-state index is 8.67. The summed E-state index contributed by atoms with van der Waals surface area (Å²) in [6.07, 6.45) is 0. The zero-order chi connectivity index (χ0) is 13.0. The highest BCUT2D eigenvalue weighted by molar-refractivity contribution is 6.28. The monoisotopic (exact) mass is 262 g/mol. The summed E-state index contributed by atoms with van der Waals surface area (Å²) < 4.78 is 10.2. The van der Waals surface area contributed by atoms with Crippen LogP contribution in [0.1, 0.15) is 5.56 Å². The number of rotatable bonds is 3. The molecular formula is C11H7ClN4O2. The Hall–Kier alpha value is -2.39. The number of hydrogen-bond donors (Lipinski definition) is 0. The standard InChI is InChI=1S/C11H7ClN4O2/c1-17-10-14-9(12)15-11(16-10)18-8-4-2-7(6-13)3-5-8/h2-5H,1H3. The third-order valence-corrected chi connectivity index (χ3v) is 2.11. The Morgan fingerprint density at radius 2 is 1.78 bits per heavy atom. The lowest BCUT2D eigenvalue weighted by atomic mass is 10.2. The van der Waals surface area contributed by atoms with E-state index in [1.54, 1.807) is 24.3 Å². The largest absolute Gasteiger partial charge is 0.467 e. The number of ether oxygens (including phenoxy) is 2. The highest BCUT2D eigenvalue weighted by Crippen LogP contribution is 2.20. The van der Waals surface area contributed by atoms with Gasteiger partial charge < -0.3 is 9.47 Å². The fourth-order valence-corrected chi connectivity index (χ4v) is 1.30. The molecule has 0 saturated carbocycles. The minimum atomic E-state index is -0.0227. The summed E-state index contributed by atoms with van der Waals surface area (Å²) in [4.78, 5) is 11.4. The van der Waals surface area contributed by atoms with Crippen LogP contribution in [0.25, 0.3) is 0 Å². The zero-order valence-electron chi connectivity index (χ0n) is 9.29. The second-order valence-corrected chi connectivity index (χ2v) is 3.45. The molecule has 0 bridgehead atoms. The number of halogens is 1. The molecule has 90 valence electrons. The maximum Gasteiger partial charge on any atom is 0.329 e. The normalized spacial score (nSPS) is 9.61. The van der Waals surface area contributed by atoms with Crippen molar-refractivity contribution in [1.82, 2.24) is 15.0 Å². The van der Waals surface area contributed by atoms with Crippen LogP contribution in [0.2, 0.25) is 5.28 Å². The molecule has 1 heterocycles. The van der Waals surface area contributed by atoms with Gasteiger partial charge in [0.2, 0.25) is 5.28 Å². The number of benzene rings is 1. The predicted octanol–water partition coefficient (Wildman–Crippen LogP) is 2.20. The minimum absolute atomic E-state index is 0.0227. The SMILES string of the molecule is COc1nc(Cl)nc(Oc2ccc(C#N)cc2)n1. The molecular weight excluding hydrogens is 256 g/mol. The molecule has 0 unspecified atom stereocenters. The fraction of sp³-hybridized carbons (Fsp3) is 0.0909. The van der Waals surface area contributed by atoms with Crippen LogP contribution in [0.3, 0.4) is 0 Å². The molecule has 0 radical (unpaired) electrons. The Morgan fingerprint density at radius 3 is 2.39 bits per heavy atom. The Morgan fingerprint density at radius 1 is 1.11 bits per heavy atom. The van der Waals surface area contributed by atoms with Crippen molar-refractivity contribution >= 4 is 11.6 Å². The van der Waals surface area contributed by atoms with Gasteiger partial charge in [-0.25, -0.2) is 0 Å². The molecule has 1 aromatic carbocycles. The lowest BCUT2D eigenvalue weighted by Gasteiger charge is -2.04.